The Morgan fingerprint density at radius 1 is 0.682 bits per heavy atom. The second-order valence-corrected chi connectivity index (χ2v) is 5.64. The van der Waals surface area contributed by atoms with E-state index in [4.69, 9.17) is 10.2 Å². The monoisotopic (exact) mass is 296 g/mol. The Morgan fingerprint density at radius 2 is 1.00 bits per heavy atom. The molecule has 2 aromatic rings. The molecule has 4 heteroatoms. The van der Waals surface area contributed by atoms with Crippen LogP contribution in [0.4, 0.5) is 0 Å². The molecule has 1 fully saturated rings. The van der Waals surface area contributed by atoms with Gasteiger partial charge in [-0.2, -0.15) is 0 Å². The summed E-state index contributed by atoms with van der Waals surface area (Å²) in [5, 5.41) is 17.9. The van der Waals surface area contributed by atoms with Crippen molar-refractivity contribution in [3.05, 3.63) is 70.8 Å². The largest absolute Gasteiger partial charge is 0.478 e. The van der Waals surface area contributed by atoms with Crippen LogP contribution in [0.1, 0.15) is 56.5 Å². The summed E-state index contributed by atoms with van der Waals surface area (Å²) < 4.78 is 0. The molecule has 0 aliphatic heterocycles. The van der Waals surface area contributed by atoms with Gasteiger partial charge in [-0.25, -0.2) is 9.59 Å². The van der Waals surface area contributed by atoms with Gasteiger partial charge in [0.05, 0.1) is 11.1 Å². The van der Waals surface area contributed by atoms with E-state index in [0.29, 0.717) is 23.0 Å². The Labute approximate surface area is 128 Å². The third-order valence-electron chi connectivity index (χ3n) is 4.45. The zero-order valence-electron chi connectivity index (χ0n) is 11.9. The highest BCUT2D eigenvalue weighted by molar-refractivity contribution is 5.88. The summed E-state index contributed by atoms with van der Waals surface area (Å²) in [6.45, 7) is 0. The van der Waals surface area contributed by atoms with Crippen molar-refractivity contribution in [1.29, 1.82) is 0 Å². The molecule has 112 valence electrons. The minimum atomic E-state index is -0.916. The molecule has 1 aliphatic carbocycles. The van der Waals surface area contributed by atoms with Gasteiger partial charge >= 0.3 is 11.9 Å². The van der Waals surface area contributed by atoms with Crippen LogP contribution in [0.5, 0.6) is 0 Å². The van der Waals surface area contributed by atoms with E-state index in [1.54, 1.807) is 24.3 Å². The molecule has 4 nitrogen and oxygen atoms in total. The molecule has 1 saturated carbocycles. The number of carboxylic acids is 2. The van der Waals surface area contributed by atoms with E-state index >= 15 is 0 Å². The molecule has 2 N–H and O–H groups in total. The van der Waals surface area contributed by atoms with Gasteiger partial charge in [0.2, 0.25) is 0 Å². The van der Waals surface area contributed by atoms with Gasteiger partial charge in [0, 0.05) is 0 Å². The molecule has 2 atom stereocenters. The lowest BCUT2D eigenvalue weighted by molar-refractivity contribution is 0.0686. The fraction of sp³-hybridized carbons (Fsp3) is 0.222. The minimum Gasteiger partial charge on any atom is -0.478 e. The van der Waals surface area contributed by atoms with Gasteiger partial charge in [-0.15, -0.1) is 0 Å². The summed E-state index contributed by atoms with van der Waals surface area (Å²) in [7, 11) is 0. The number of benzene rings is 2. The van der Waals surface area contributed by atoms with E-state index < -0.39 is 11.9 Å². The van der Waals surface area contributed by atoms with Gasteiger partial charge < -0.3 is 10.2 Å². The highest BCUT2D eigenvalue weighted by Crippen LogP contribution is 2.49. The molecule has 0 bridgehead atoms. The molecule has 0 amide bonds. The average Bonchev–Trinajstić information content (AvgIpc) is 2.47. The van der Waals surface area contributed by atoms with Crippen LogP contribution in [-0.2, 0) is 0 Å². The molecule has 0 saturated heterocycles. The molecule has 22 heavy (non-hydrogen) atoms. The van der Waals surface area contributed by atoms with E-state index in [2.05, 4.69) is 0 Å². The van der Waals surface area contributed by atoms with Crippen molar-refractivity contribution >= 4 is 11.9 Å². The molecule has 3 rings (SSSR count). The summed E-state index contributed by atoms with van der Waals surface area (Å²) >= 11 is 0. The molecule has 0 radical (unpaired) electrons. The van der Waals surface area contributed by atoms with Crippen molar-refractivity contribution in [3.63, 3.8) is 0 Å². The van der Waals surface area contributed by atoms with Gasteiger partial charge in [0.25, 0.3) is 0 Å². The highest BCUT2D eigenvalue weighted by Gasteiger charge is 2.33. The normalized spacial score (nSPS) is 20.2. The molecule has 0 aromatic heterocycles. The maximum absolute atomic E-state index is 10.9. The summed E-state index contributed by atoms with van der Waals surface area (Å²) in [5.74, 6) is -1.08. The topological polar surface area (TPSA) is 74.6 Å². The van der Waals surface area contributed by atoms with Crippen LogP contribution in [0.3, 0.4) is 0 Å². The molecular weight excluding hydrogens is 280 g/mol. The first-order valence-corrected chi connectivity index (χ1v) is 7.23. The third kappa shape index (κ3) is 2.60. The van der Waals surface area contributed by atoms with Crippen molar-refractivity contribution < 1.29 is 19.8 Å². The molecule has 1 aliphatic rings. The lowest BCUT2D eigenvalue weighted by Crippen LogP contribution is -2.22. The number of aromatic carboxylic acids is 2. The second-order valence-electron chi connectivity index (χ2n) is 5.64. The second kappa shape index (κ2) is 5.64. The van der Waals surface area contributed by atoms with Gasteiger partial charge in [-0.1, -0.05) is 24.3 Å². The van der Waals surface area contributed by atoms with E-state index in [0.717, 1.165) is 24.0 Å². The lowest BCUT2D eigenvalue weighted by atomic mass is 9.67. The van der Waals surface area contributed by atoms with Gasteiger partial charge in [-0.05, 0) is 60.1 Å². The average molecular weight is 296 g/mol. The number of hydrogen-bond donors (Lipinski definition) is 2. The first-order chi connectivity index (χ1) is 10.6. The van der Waals surface area contributed by atoms with Gasteiger partial charge in [0.1, 0.15) is 0 Å². The van der Waals surface area contributed by atoms with E-state index in [-0.39, 0.29) is 0 Å². The van der Waals surface area contributed by atoms with Crippen LogP contribution < -0.4 is 0 Å². The summed E-state index contributed by atoms with van der Waals surface area (Å²) in [5.41, 5.74) is 2.88. The zero-order valence-corrected chi connectivity index (χ0v) is 11.9. The molecule has 2 aromatic carbocycles. The van der Waals surface area contributed by atoms with Crippen molar-refractivity contribution in [3.8, 4) is 0 Å². The Bertz CT molecular complexity index is 637. The van der Waals surface area contributed by atoms with Gasteiger partial charge in [0.15, 0.2) is 0 Å². The lowest BCUT2D eigenvalue weighted by Gasteiger charge is -2.37. The van der Waals surface area contributed by atoms with Crippen LogP contribution in [0.2, 0.25) is 0 Å². The van der Waals surface area contributed by atoms with Crippen molar-refractivity contribution in [2.24, 2.45) is 0 Å². The fourth-order valence-electron chi connectivity index (χ4n) is 3.04. The predicted octanol–water partition coefficient (Wildman–Crippen LogP) is 3.74. The molecule has 0 spiro atoms. The maximum atomic E-state index is 10.9. The van der Waals surface area contributed by atoms with E-state index in [9.17, 15) is 9.59 Å². The zero-order chi connectivity index (χ0) is 15.7. The number of carbonyl (C=O) groups is 2. The SMILES string of the molecule is O=C(O)c1ccc([C@@H]2CC[C@H]2c2ccc(C(=O)O)cc2)cc1. The van der Waals surface area contributed by atoms with Crippen LogP contribution in [-0.4, -0.2) is 22.2 Å². The van der Waals surface area contributed by atoms with Crippen LogP contribution in [0.15, 0.2) is 48.5 Å². The third-order valence-corrected chi connectivity index (χ3v) is 4.45. The number of rotatable bonds is 4. The first kappa shape index (κ1) is 14.3. The number of hydrogen-bond acceptors (Lipinski definition) is 2. The van der Waals surface area contributed by atoms with Crippen LogP contribution in [0.25, 0.3) is 0 Å². The Morgan fingerprint density at radius 3 is 1.23 bits per heavy atom. The summed E-state index contributed by atoms with van der Waals surface area (Å²) in [6.07, 6.45) is 2.13. The first-order valence-electron chi connectivity index (χ1n) is 7.23. The summed E-state index contributed by atoms with van der Waals surface area (Å²) in [4.78, 5) is 21.8. The smallest absolute Gasteiger partial charge is 0.335 e. The molecule has 0 heterocycles. The Kier molecular flexibility index (Phi) is 3.67. The summed E-state index contributed by atoms with van der Waals surface area (Å²) in [6, 6.07) is 14.1. The Hall–Kier alpha value is -2.62. The minimum absolute atomic E-state index is 0.297. The Balaban J connectivity index is 1.78. The van der Waals surface area contributed by atoms with Crippen molar-refractivity contribution in [1.82, 2.24) is 0 Å². The standard InChI is InChI=1S/C18H16O4/c19-17(20)13-5-1-11(2-6-13)15-9-10-16(15)12-3-7-14(8-4-12)18(21)22/h1-8,15-16H,9-10H2,(H,19,20)(H,21,22)/t15-,16-/m0/s1. The van der Waals surface area contributed by atoms with E-state index in [1.807, 2.05) is 24.3 Å². The predicted molar refractivity (Wildman–Crippen MR) is 81.5 cm³/mol. The molecular formula is C18H16O4. The maximum Gasteiger partial charge on any atom is 0.335 e. The fourth-order valence-corrected chi connectivity index (χ4v) is 3.04. The van der Waals surface area contributed by atoms with Crippen LogP contribution in [0, 0.1) is 0 Å². The molecule has 0 unspecified atom stereocenters. The van der Waals surface area contributed by atoms with Crippen molar-refractivity contribution in [2.75, 3.05) is 0 Å². The van der Waals surface area contributed by atoms with Crippen molar-refractivity contribution in [2.45, 2.75) is 24.7 Å². The van der Waals surface area contributed by atoms with Gasteiger partial charge in [-0.3, -0.25) is 0 Å². The van der Waals surface area contributed by atoms with Crippen LogP contribution >= 0.6 is 0 Å². The number of carboxylic acid groups (broad SMARTS) is 2. The quantitative estimate of drug-likeness (QED) is 0.901. The highest BCUT2D eigenvalue weighted by atomic mass is 16.4. The van der Waals surface area contributed by atoms with E-state index in [1.165, 1.54) is 0 Å².